The van der Waals surface area contributed by atoms with E-state index in [1.165, 1.54) is 0 Å². The zero-order chi connectivity index (χ0) is 17.4. The minimum absolute atomic E-state index is 0.0405. The van der Waals surface area contributed by atoms with Gasteiger partial charge in [-0.15, -0.1) is 0 Å². The molecule has 23 heavy (non-hydrogen) atoms. The van der Waals surface area contributed by atoms with Gasteiger partial charge in [0.15, 0.2) is 10.8 Å². The van der Waals surface area contributed by atoms with Crippen molar-refractivity contribution in [1.82, 2.24) is 5.43 Å². The lowest BCUT2D eigenvalue weighted by Gasteiger charge is -2.08. The molecule has 0 atom stereocenters. The van der Waals surface area contributed by atoms with E-state index in [2.05, 4.69) is 33.3 Å². The molecule has 0 bridgehead atoms. The van der Waals surface area contributed by atoms with Crippen LogP contribution in [-0.4, -0.2) is 29.1 Å². The number of rotatable bonds is 6. The second-order valence-corrected chi connectivity index (χ2v) is 5.37. The number of nitrogens with two attached hydrogens (primary N) is 1. The van der Waals surface area contributed by atoms with Crippen LogP contribution in [0.2, 0.25) is 10.0 Å². The SMILES string of the molecule is CCOC(=O)C(=NNc1ccc(Cl)cc1Cl)C(C)=NNC(N)=S. The number of anilines is 1. The first-order valence-corrected chi connectivity index (χ1v) is 7.57. The van der Waals surface area contributed by atoms with Gasteiger partial charge in [0.25, 0.3) is 0 Å². The van der Waals surface area contributed by atoms with Crippen molar-refractivity contribution < 1.29 is 9.53 Å². The minimum Gasteiger partial charge on any atom is -0.461 e. The number of thiocarbonyl (C=S) groups is 1. The summed E-state index contributed by atoms with van der Waals surface area (Å²) in [6.07, 6.45) is 0. The number of ether oxygens (including phenoxy) is 1. The molecule has 0 saturated carbocycles. The van der Waals surface area contributed by atoms with Crippen molar-refractivity contribution in [2.75, 3.05) is 12.0 Å². The van der Waals surface area contributed by atoms with Crippen molar-refractivity contribution in [1.29, 1.82) is 0 Å². The molecule has 0 spiro atoms. The summed E-state index contributed by atoms with van der Waals surface area (Å²) in [6, 6.07) is 4.79. The van der Waals surface area contributed by atoms with Gasteiger partial charge in [-0.25, -0.2) is 4.79 Å². The predicted molar refractivity (Wildman–Crippen MR) is 97.2 cm³/mol. The molecule has 124 valence electrons. The molecule has 0 heterocycles. The Bertz CT molecular complexity index is 664. The quantitative estimate of drug-likeness (QED) is 0.305. The molecule has 0 unspecified atom stereocenters. The standard InChI is InChI=1S/C13H15Cl2N5O2S/c1-3-22-12(21)11(7(2)17-20-13(16)23)19-18-10-5-4-8(14)6-9(10)15/h4-6,18H,3H2,1-2H3,(H3,16,20,23). The average Bonchev–Trinajstić information content (AvgIpc) is 2.47. The first-order chi connectivity index (χ1) is 10.8. The van der Waals surface area contributed by atoms with Crippen LogP contribution in [0.5, 0.6) is 0 Å². The summed E-state index contributed by atoms with van der Waals surface area (Å²) in [6.45, 7) is 3.42. The summed E-state index contributed by atoms with van der Waals surface area (Å²) in [7, 11) is 0. The molecular weight excluding hydrogens is 361 g/mol. The topological polar surface area (TPSA) is 101 Å². The van der Waals surface area contributed by atoms with Crippen LogP contribution < -0.4 is 16.6 Å². The highest BCUT2D eigenvalue weighted by atomic mass is 35.5. The van der Waals surface area contributed by atoms with Crippen molar-refractivity contribution in [3.8, 4) is 0 Å². The third-order valence-corrected chi connectivity index (χ3v) is 3.00. The lowest BCUT2D eigenvalue weighted by atomic mass is 10.2. The summed E-state index contributed by atoms with van der Waals surface area (Å²) in [5.74, 6) is -0.656. The van der Waals surface area contributed by atoms with Crippen LogP contribution in [0, 0.1) is 0 Å². The largest absolute Gasteiger partial charge is 0.461 e. The minimum atomic E-state index is -0.656. The van der Waals surface area contributed by atoms with Gasteiger partial charge < -0.3 is 10.5 Å². The highest BCUT2D eigenvalue weighted by Gasteiger charge is 2.17. The van der Waals surface area contributed by atoms with Crippen LogP contribution >= 0.6 is 35.4 Å². The van der Waals surface area contributed by atoms with Gasteiger partial charge in [0.05, 0.1) is 23.0 Å². The Morgan fingerprint density at radius 1 is 1.39 bits per heavy atom. The Morgan fingerprint density at radius 3 is 2.65 bits per heavy atom. The third kappa shape index (κ3) is 6.39. The van der Waals surface area contributed by atoms with E-state index in [1.807, 2.05) is 0 Å². The fourth-order valence-electron chi connectivity index (χ4n) is 1.36. The Morgan fingerprint density at radius 2 is 2.09 bits per heavy atom. The van der Waals surface area contributed by atoms with Gasteiger partial charge in [-0.2, -0.15) is 10.2 Å². The molecule has 1 aromatic carbocycles. The maximum Gasteiger partial charge on any atom is 0.360 e. The number of hydrogen-bond donors (Lipinski definition) is 3. The van der Waals surface area contributed by atoms with Crippen LogP contribution in [0.4, 0.5) is 5.69 Å². The van der Waals surface area contributed by atoms with E-state index in [9.17, 15) is 4.79 Å². The smallest absolute Gasteiger partial charge is 0.360 e. The van der Waals surface area contributed by atoms with Gasteiger partial charge in [0, 0.05) is 5.02 Å². The molecule has 1 rings (SSSR count). The fourth-order valence-corrected chi connectivity index (χ4v) is 1.86. The van der Waals surface area contributed by atoms with E-state index in [4.69, 9.17) is 33.7 Å². The number of hydrazone groups is 2. The van der Waals surface area contributed by atoms with Crippen LogP contribution in [0.3, 0.4) is 0 Å². The Kier molecular flexibility index (Phi) is 7.73. The van der Waals surface area contributed by atoms with Gasteiger partial charge in [-0.1, -0.05) is 23.2 Å². The summed E-state index contributed by atoms with van der Waals surface area (Å²) < 4.78 is 4.93. The van der Waals surface area contributed by atoms with E-state index in [0.717, 1.165) is 0 Å². The third-order valence-electron chi connectivity index (χ3n) is 2.36. The second-order valence-electron chi connectivity index (χ2n) is 4.09. The zero-order valence-electron chi connectivity index (χ0n) is 12.4. The first-order valence-electron chi connectivity index (χ1n) is 6.41. The monoisotopic (exact) mass is 375 g/mol. The molecule has 1 aromatic rings. The molecule has 0 aliphatic rings. The van der Waals surface area contributed by atoms with Gasteiger partial charge >= 0.3 is 5.97 Å². The number of benzene rings is 1. The van der Waals surface area contributed by atoms with Crippen molar-refractivity contribution in [2.45, 2.75) is 13.8 Å². The molecule has 10 heteroatoms. The van der Waals surface area contributed by atoms with Gasteiger partial charge in [0.1, 0.15) is 0 Å². The van der Waals surface area contributed by atoms with Crippen molar-refractivity contribution >= 4 is 63.6 Å². The summed E-state index contributed by atoms with van der Waals surface area (Å²) in [4.78, 5) is 12.0. The average molecular weight is 376 g/mol. The molecular formula is C13H15Cl2N5O2S. The normalized spacial score (nSPS) is 11.8. The number of esters is 1. The summed E-state index contributed by atoms with van der Waals surface area (Å²) in [5, 5.41) is 8.63. The van der Waals surface area contributed by atoms with E-state index in [-0.39, 0.29) is 23.1 Å². The van der Waals surface area contributed by atoms with Crippen molar-refractivity contribution in [3.05, 3.63) is 28.2 Å². The lowest BCUT2D eigenvalue weighted by Crippen LogP contribution is -2.30. The van der Waals surface area contributed by atoms with E-state index < -0.39 is 5.97 Å². The van der Waals surface area contributed by atoms with Crippen LogP contribution in [0.1, 0.15) is 13.8 Å². The molecule has 0 aromatic heterocycles. The highest BCUT2D eigenvalue weighted by molar-refractivity contribution is 7.80. The van der Waals surface area contributed by atoms with Gasteiger partial charge in [-0.05, 0) is 44.3 Å². The number of carbonyl (C=O) groups excluding carboxylic acids is 1. The Hall–Kier alpha value is -1.90. The number of hydrogen-bond acceptors (Lipinski definition) is 6. The first kappa shape index (κ1) is 19.1. The van der Waals surface area contributed by atoms with Crippen LogP contribution in [-0.2, 0) is 9.53 Å². The molecule has 7 nitrogen and oxygen atoms in total. The number of nitrogens with zero attached hydrogens (tertiary/aromatic N) is 2. The number of carbonyl (C=O) groups is 1. The maximum atomic E-state index is 12.0. The summed E-state index contributed by atoms with van der Waals surface area (Å²) >= 11 is 16.5. The zero-order valence-corrected chi connectivity index (χ0v) is 14.7. The van der Waals surface area contributed by atoms with Gasteiger partial charge in [0.2, 0.25) is 0 Å². The molecule has 0 amide bonds. The maximum absolute atomic E-state index is 12.0. The highest BCUT2D eigenvalue weighted by Crippen LogP contribution is 2.25. The second kappa shape index (κ2) is 9.29. The number of halogens is 2. The van der Waals surface area contributed by atoms with Crippen molar-refractivity contribution in [3.63, 3.8) is 0 Å². The molecule has 0 aliphatic carbocycles. The van der Waals surface area contributed by atoms with E-state index in [0.29, 0.717) is 15.7 Å². The molecule has 0 saturated heterocycles. The van der Waals surface area contributed by atoms with E-state index in [1.54, 1.807) is 32.0 Å². The van der Waals surface area contributed by atoms with Crippen LogP contribution in [0.15, 0.2) is 28.4 Å². The van der Waals surface area contributed by atoms with Crippen molar-refractivity contribution in [2.24, 2.45) is 15.9 Å². The van der Waals surface area contributed by atoms with Crippen LogP contribution in [0.25, 0.3) is 0 Å². The number of nitrogens with one attached hydrogen (secondary N) is 2. The Labute approximate surface area is 148 Å². The summed E-state index contributed by atoms with van der Waals surface area (Å²) in [5.41, 5.74) is 11.0. The molecule has 0 radical (unpaired) electrons. The molecule has 4 N–H and O–H groups in total. The Balaban J connectivity index is 3.05. The lowest BCUT2D eigenvalue weighted by molar-refractivity contribution is -0.134. The van der Waals surface area contributed by atoms with E-state index >= 15 is 0 Å². The van der Waals surface area contributed by atoms with Gasteiger partial charge in [-0.3, -0.25) is 10.9 Å². The fraction of sp³-hybridized carbons (Fsp3) is 0.231. The molecule has 0 fully saturated rings. The predicted octanol–water partition coefficient (Wildman–Crippen LogP) is 2.53. The molecule has 0 aliphatic heterocycles.